The molecule has 0 atom stereocenters. The number of piperidine rings is 1. The van der Waals surface area contributed by atoms with E-state index in [1.807, 2.05) is 12.3 Å². The van der Waals surface area contributed by atoms with Crippen molar-refractivity contribution in [3.05, 3.63) is 45.8 Å². The molecular formula is C27H33F3N4O5S2. The number of carboxylic acid groups (broad SMARTS) is 1. The average molecular weight is 615 g/mol. The lowest BCUT2D eigenvalue weighted by Crippen LogP contribution is -2.38. The minimum Gasteiger partial charge on any atom is -0.475 e. The van der Waals surface area contributed by atoms with Gasteiger partial charge in [0.1, 0.15) is 0 Å². The highest BCUT2D eigenvalue weighted by Gasteiger charge is 2.38. The van der Waals surface area contributed by atoms with Crippen molar-refractivity contribution in [1.29, 1.82) is 0 Å². The molecule has 3 aromatic rings. The zero-order valence-electron chi connectivity index (χ0n) is 22.5. The summed E-state index contributed by atoms with van der Waals surface area (Å²) in [7, 11) is -3.16. The number of hydrogen-bond acceptors (Lipinski definition) is 6. The number of nitrogens with one attached hydrogen (secondary N) is 2. The number of aliphatic carboxylic acids is 1. The van der Waals surface area contributed by atoms with Crippen LogP contribution in [-0.2, 0) is 21.4 Å². The number of carbonyl (C=O) groups excluding carboxylic acids is 1. The summed E-state index contributed by atoms with van der Waals surface area (Å²) in [6.07, 6.45) is 2.25. The van der Waals surface area contributed by atoms with Crippen LogP contribution in [-0.4, -0.2) is 65.8 Å². The molecule has 14 heteroatoms. The first-order valence-electron chi connectivity index (χ1n) is 13.3. The number of carbonyl (C=O) groups is 2. The van der Waals surface area contributed by atoms with Gasteiger partial charge in [-0.2, -0.15) is 13.2 Å². The predicted octanol–water partition coefficient (Wildman–Crippen LogP) is 4.80. The number of primary amides is 1. The number of fused-ring (bicyclic) bond motifs is 1. The van der Waals surface area contributed by atoms with Gasteiger partial charge in [0.05, 0.1) is 16.8 Å². The highest BCUT2D eigenvalue weighted by molar-refractivity contribution is 7.89. The Kier molecular flexibility index (Phi) is 9.46. The fraction of sp³-hybridized carbons (Fsp3) is 0.481. The second-order valence-electron chi connectivity index (χ2n) is 10.2. The molecule has 1 amide bonds. The Hall–Kier alpha value is -2.94. The monoisotopic (exact) mass is 614 g/mol. The topological polar surface area (TPSA) is 146 Å². The molecule has 9 nitrogen and oxygen atoms in total. The molecule has 1 aromatic carbocycles. The first-order chi connectivity index (χ1) is 19.3. The van der Waals surface area contributed by atoms with Crippen LogP contribution < -0.4 is 11.1 Å². The second-order valence-corrected chi connectivity index (χ2v) is 13.5. The number of amides is 1. The number of aromatic nitrogens is 1. The maximum Gasteiger partial charge on any atom is 0.490 e. The number of sulfonamides is 1. The highest BCUT2D eigenvalue weighted by Crippen LogP contribution is 2.38. The Balaban J connectivity index is 0.000000493. The van der Waals surface area contributed by atoms with E-state index < -0.39 is 28.1 Å². The van der Waals surface area contributed by atoms with Gasteiger partial charge in [-0.25, -0.2) is 17.5 Å². The van der Waals surface area contributed by atoms with Gasteiger partial charge in [0.25, 0.3) is 5.91 Å². The SMILES string of the molecule is CCS(=O)(=O)N1CCC(c2c[nH]c3c(C(N)=O)cc(-c4csc(CNC5CCC5)c4)cc23)CC1.O=C(O)C(F)(F)F. The molecule has 2 fully saturated rings. The van der Waals surface area contributed by atoms with Gasteiger partial charge < -0.3 is 21.1 Å². The third-order valence-corrected chi connectivity index (χ3v) is 10.5. The number of carboxylic acids is 1. The summed E-state index contributed by atoms with van der Waals surface area (Å²) in [6, 6.07) is 6.87. The smallest absolute Gasteiger partial charge is 0.475 e. The fourth-order valence-corrected chi connectivity index (χ4v) is 7.04. The number of nitrogens with zero attached hydrogens (tertiary/aromatic N) is 1. The molecule has 1 aliphatic carbocycles. The minimum absolute atomic E-state index is 0.134. The average Bonchev–Trinajstić information content (AvgIpc) is 3.54. The Labute approximate surface area is 240 Å². The Bertz CT molecular complexity index is 1500. The highest BCUT2D eigenvalue weighted by atomic mass is 32.2. The van der Waals surface area contributed by atoms with Gasteiger partial charge in [0.2, 0.25) is 10.0 Å². The number of thiophene rings is 1. The Morgan fingerprint density at radius 2 is 1.80 bits per heavy atom. The summed E-state index contributed by atoms with van der Waals surface area (Å²) >= 11 is 1.73. The number of H-pyrrole nitrogens is 1. The van der Waals surface area contributed by atoms with Crippen molar-refractivity contribution >= 4 is 44.1 Å². The van der Waals surface area contributed by atoms with Gasteiger partial charge in [0, 0.05) is 42.1 Å². The molecule has 0 radical (unpaired) electrons. The van der Waals surface area contributed by atoms with E-state index in [1.165, 1.54) is 24.1 Å². The lowest BCUT2D eigenvalue weighted by Gasteiger charge is -2.31. The molecule has 1 aliphatic heterocycles. The van der Waals surface area contributed by atoms with Crippen LogP contribution in [0.1, 0.15) is 65.7 Å². The molecule has 5 rings (SSSR count). The van der Waals surface area contributed by atoms with Crippen LogP contribution in [0.4, 0.5) is 13.2 Å². The summed E-state index contributed by atoms with van der Waals surface area (Å²) in [6.45, 7) is 3.61. The van der Waals surface area contributed by atoms with Crippen LogP contribution in [0.5, 0.6) is 0 Å². The van der Waals surface area contributed by atoms with Crippen molar-refractivity contribution in [3.63, 3.8) is 0 Å². The predicted molar refractivity (Wildman–Crippen MR) is 151 cm³/mol. The molecule has 0 spiro atoms. The number of halogens is 3. The molecule has 3 heterocycles. The fourth-order valence-electron chi connectivity index (χ4n) is 5.06. The van der Waals surface area contributed by atoms with E-state index in [9.17, 15) is 26.4 Å². The van der Waals surface area contributed by atoms with Gasteiger partial charge in [-0.05, 0) is 78.8 Å². The first-order valence-corrected chi connectivity index (χ1v) is 15.8. The van der Waals surface area contributed by atoms with Gasteiger partial charge in [-0.3, -0.25) is 4.79 Å². The standard InChI is InChI=1S/C25H32N4O3S2.C2HF3O2/c1-2-34(31,32)29-8-6-16(7-9-29)23-14-28-24-21(23)11-17(12-22(24)25(26)30)18-10-20(33-15-18)13-27-19-4-3-5-19;3-2(4,5)1(6)7/h10-12,14-16,19,27-28H,2-9,13H2,1H3,(H2,26,30);(H,6,7). The number of nitrogens with two attached hydrogens (primary N) is 1. The minimum atomic E-state index is -5.08. The largest absolute Gasteiger partial charge is 0.490 e. The molecule has 0 bridgehead atoms. The lowest BCUT2D eigenvalue weighted by atomic mass is 9.88. The van der Waals surface area contributed by atoms with Crippen molar-refractivity contribution in [1.82, 2.24) is 14.6 Å². The van der Waals surface area contributed by atoms with E-state index in [2.05, 4.69) is 27.8 Å². The molecule has 0 unspecified atom stereocenters. The van der Waals surface area contributed by atoms with E-state index >= 15 is 0 Å². The van der Waals surface area contributed by atoms with Crippen molar-refractivity contribution in [2.75, 3.05) is 18.8 Å². The maximum atomic E-state index is 12.3. The molecule has 1 saturated heterocycles. The third-order valence-electron chi connectivity index (χ3n) is 7.64. The van der Waals surface area contributed by atoms with E-state index in [-0.39, 0.29) is 11.7 Å². The van der Waals surface area contributed by atoms with E-state index in [0.717, 1.165) is 47.0 Å². The third kappa shape index (κ3) is 7.29. The summed E-state index contributed by atoms with van der Waals surface area (Å²) in [5, 5.41) is 13.9. The number of aromatic amines is 1. The van der Waals surface area contributed by atoms with Crippen molar-refractivity contribution in [2.45, 2.75) is 63.7 Å². The number of hydrogen-bond donors (Lipinski definition) is 4. The van der Waals surface area contributed by atoms with Crippen LogP contribution in [0.3, 0.4) is 0 Å². The van der Waals surface area contributed by atoms with Gasteiger partial charge in [-0.15, -0.1) is 11.3 Å². The van der Waals surface area contributed by atoms with Crippen LogP contribution in [0.15, 0.2) is 29.8 Å². The Morgan fingerprint density at radius 1 is 1.15 bits per heavy atom. The van der Waals surface area contributed by atoms with Gasteiger partial charge >= 0.3 is 12.1 Å². The van der Waals surface area contributed by atoms with Crippen LogP contribution >= 0.6 is 11.3 Å². The number of alkyl halides is 3. The quantitative estimate of drug-likeness (QED) is 0.287. The molecule has 2 aliphatic rings. The van der Waals surface area contributed by atoms with Crippen molar-refractivity contribution in [3.8, 4) is 11.1 Å². The van der Waals surface area contributed by atoms with Crippen molar-refractivity contribution < 1.29 is 36.3 Å². The lowest BCUT2D eigenvalue weighted by molar-refractivity contribution is -0.192. The summed E-state index contributed by atoms with van der Waals surface area (Å²) in [5.41, 5.74) is 10.2. The van der Waals surface area contributed by atoms with Crippen LogP contribution in [0, 0.1) is 0 Å². The van der Waals surface area contributed by atoms with E-state index in [1.54, 1.807) is 22.6 Å². The molecule has 2 aromatic heterocycles. The Morgan fingerprint density at radius 3 is 2.34 bits per heavy atom. The first kappa shape index (κ1) is 31.0. The normalized spacial score (nSPS) is 17.2. The number of rotatable bonds is 8. The van der Waals surface area contributed by atoms with Gasteiger partial charge in [0.15, 0.2) is 0 Å². The van der Waals surface area contributed by atoms with Gasteiger partial charge in [-0.1, -0.05) is 6.42 Å². The molecule has 5 N–H and O–H groups in total. The zero-order valence-corrected chi connectivity index (χ0v) is 24.1. The molecule has 224 valence electrons. The molecule has 1 saturated carbocycles. The van der Waals surface area contributed by atoms with Crippen molar-refractivity contribution in [2.24, 2.45) is 5.73 Å². The summed E-state index contributed by atoms with van der Waals surface area (Å²) < 4.78 is 57.8. The maximum absolute atomic E-state index is 12.3. The van der Waals surface area contributed by atoms with E-state index in [4.69, 9.17) is 15.6 Å². The molecule has 41 heavy (non-hydrogen) atoms. The zero-order chi connectivity index (χ0) is 29.9. The van der Waals surface area contributed by atoms with Crippen LogP contribution in [0.2, 0.25) is 0 Å². The molecular weight excluding hydrogens is 581 g/mol. The summed E-state index contributed by atoms with van der Waals surface area (Å²) in [5.74, 6) is -2.84. The summed E-state index contributed by atoms with van der Waals surface area (Å²) in [4.78, 5) is 25.8. The van der Waals surface area contributed by atoms with E-state index in [0.29, 0.717) is 24.7 Å². The van der Waals surface area contributed by atoms with Crippen LogP contribution in [0.25, 0.3) is 22.0 Å². The second kappa shape index (κ2) is 12.5. The number of benzene rings is 1.